The van der Waals surface area contributed by atoms with Crippen molar-refractivity contribution in [3.05, 3.63) is 109 Å². The van der Waals surface area contributed by atoms with Crippen molar-refractivity contribution in [2.24, 2.45) is 5.92 Å². The zero-order valence-corrected chi connectivity index (χ0v) is 25.2. The molecule has 1 saturated heterocycles. The normalized spacial score (nSPS) is 19.0. The molecule has 11 nitrogen and oxygen atoms in total. The van der Waals surface area contributed by atoms with Gasteiger partial charge in [-0.2, -0.15) is 13.2 Å². The summed E-state index contributed by atoms with van der Waals surface area (Å²) in [5, 5.41) is 12.8. The number of carbonyl (C=O) groups is 3. The molecular weight excluding hydrogens is 649 g/mol. The predicted octanol–water partition coefficient (Wildman–Crippen LogP) is 5.28. The molecule has 3 amide bonds. The van der Waals surface area contributed by atoms with Crippen molar-refractivity contribution in [3.8, 4) is 5.75 Å². The third kappa shape index (κ3) is 5.53. The van der Waals surface area contributed by atoms with Crippen molar-refractivity contribution >= 4 is 57.9 Å². The minimum atomic E-state index is -4.62. The van der Waals surface area contributed by atoms with Gasteiger partial charge in [0.05, 0.1) is 34.2 Å². The average molecular weight is 671 g/mol. The Morgan fingerprint density at radius 3 is 2.35 bits per heavy atom. The zero-order chi connectivity index (χ0) is 32.9. The van der Waals surface area contributed by atoms with Gasteiger partial charge < -0.3 is 10.1 Å². The van der Waals surface area contributed by atoms with Crippen LogP contribution in [0.4, 0.5) is 30.2 Å². The van der Waals surface area contributed by atoms with Crippen LogP contribution in [-0.2, 0) is 27.1 Å². The second-order valence-electron chi connectivity index (χ2n) is 10.4. The van der Waals surface area contributed by atoms with Crippen LogP contribution in [0.3, 0.4) is 0 Å². The number of thioether (sulfide) groups is 1. The molecule has 0 radical (unpaired) electrons. The Bertz CT molecular complexity index is 1940. The van der Waals surface area contributed by atoms with Crippen LogP contribution in [-0.4, -0.2) is 39.6 Å². The second kappa shape index (κ2) is 11.8. The quantitative estimate of drug-likeness (QED) is 0.159. The lowest BCUT2D eigenvalue weighted by molar-refractivity contribution is -0.384. The molecule has 0 aliphatic carbocycles. The third-order valence-corrected chi connectivity index (χ3v) is 10.2. The topological polar surface area (TPSA) is 141 Å². The van der Waals surface area contributed by atoms with E-state index >= 15 is 0 Å². The van der Waals surface area contributed by atoms with Gasteiger partial charge in [0.1, 0.15) is 17.5 Å². The number of nitrogens with one attached hydrogen (secondary N) is 1. The third-order valence-electron chi connectivity index (χ3n) is 7.62. The Hall–Kier alpha value is -4.96. The van der Waals surface area contributed by atoms with Gasteiger partial charge in [0, 0.05) is 28.6 Å². The Balaban J connectivity index is 1.37. The molecule has 4 aromatic rings. The van der Waals surface area contributed by atoms with Crippen molar-refractivity contribution in [2.75, 3.05) is 17.3 Å². The zero-order valence-electron chi connectivity index (χ0n) is 23.5. The molecule has 46 heavy (non-hydrogen) atoms. The molecule has 1 N–H and O–H groups in total. The highest BCUT2D eigenvalue weighted by Crippen LogP contribution is 2.54. The maximum Gasteiger partial charge on any atom is 0.416 e. The summed E-state index contributed by atoms with van der Waals surface area (Å²) in [5.41, 5.74) is -0.547. The fourth-order valence-electron chi connectivity index (χ4n) is 5.52. The fourth-order valence-corrected chi connectivity index (χ4v) is 8.29. The van der Waals surface area contributed by atoms with E-state index in [1.807, 2.05) is 0 Å². The highest BCUT2D eigenvalue weighted by Gasteiger charge is 2.57. The van der Waals surface area contributed by atoms with Crippen LogP contribution in [0, 0.1) is 16.0 Å². The molecule has 0 saturated carbocycles. The number of carbonyl (C=O) groups excluding carboxylic acids is 3. The summed E-state index contributed by atoms with van der Waals surface area (Å²) in [6.07, 6.45) is -4.62. The number of hydrogen-bond acceptors (Lipinski definition) is 9. The Labute approximate surface area is 265 Å². The minimum Gasteiger partial charge on any atom is -0.497 e. The summed E-state index contributed by atoms with van der Waals surface area (Å²) >= 11 is 1.76. The monoisotopic (exact) mass is 670 g/mol. The van der Waals surface area contributed by atoms with E-state index in [0.717, 1.165) is 50.8 Å². The lowest BCUT2D eigenvalue weighted by Crippen LogP contribution is -2.33. The number of nitro groups is 1. The van der Waals surface area contributed by atoms with Gasteiger partial charge in [0.15, 0.2) is 0 Å². The van der Waals surface area contributed by atoms with Crippen molar-refractivity contribution in [2.45, 2.75) is 28.9 Å². The minimum absolute atomic E-state index is 0.115. The average Bonchev–Trinajstić information content (AvgIpc) is 3.47. The van der Waals surface area contributed by atoms with Gasteiger partial charge in [0.2, 0.25) is 17.7 Å². The van der Waals surface area contributed by atoms with Crippen LogP contribution in [0.2, 0.25) is 0 Å². The number of benzene rings is 3. The summed E-state index contributed by atoms with van der Waals surface area (Å²) in [7, 11) is 1.48. The van der Waals surface area contributed by atoms with Gasteiger partial charge >= 0.3 is 11.0 Å². The second-order valence-corrected chi connectivity index (χ2v) is 12.5. The first-order valence-corrected chi connectivity index (χ1v) is 15.2. The smallest absolute Gasteiger partial charge is 0.416 e. The van der Waals surface area contributed by atoms with Crippen molar-refractivity contribution in [1.82, 2.24) is 4.57 Å². The fraction of sp³-hybridized carbons (Fsp3) is 0.200. The maximum absolute atomic E-state index is 14.0. The number of halogens is 3. The number of thiazole rings is 1. The van der Waals surface area contributed by atoms with E-state index in [0.29, 0.717) is 16.2 Å². The molecule has 2 aliphatic heterocycles. The number of nitrogens with zero attached hydrogens (tertiary/aromatic N) is 3. The number of rotatable bonds is 7. The summed E-state index contributed by atoms with van der Waals surface area (Å²) in [6.45, 7) is -0.561. The maximum atomic E-state index is 14.0. The van der Waals surface area contributed by atoms with Crippen molar-refractivity contribution < 1.29 is 37.2 Å². The summed E-state index contributed by atoms with van der Waals surface area (Å²) in [6, 6.07) is 15.8. The number of alkyl halides is 3. The van der Waals surface area contributed by atoms with E-state index in [4.69, 9.17) is 4.74 Å². The molecule has 3 atom stereocenters. The number of fused-ring (bicyclic) bond motifs is 2. The van der Waals surface area contributed by atoms with Crippen LogP contribution >= 0.6 is 23.1 Å². The Morgan fingerprint density at radius 2 is 1.72 bits per heavy atom. The SMILES string of the molecule is COc1ccc([C@@H]2c3sc(=O)n(CC(=O)Nc4cccc(C(F)(F)F)c4)c3S[C@H]3C(=O)N(c4ccc([N+](=O)[O-])cc4)C(=O)[C@@H]23)cc1. The summed E-state index contributed by atoms with van der Waals surface area (Å²) in [5.74, 6) is -3.14. The molecule has 0 unspecified atom stereocenters. The highest BCUT2D eigenvalue weighted by molar-refractivity contribution is 8.00. The number of nitro benzene ring substituents is 1. The van der Waals surface area contributed by atoms with E-state index in [1.165, 1.54) is 37.4 Å². The molecule has 1 aromatic heterocycles. The van der Waals surface area contributed by atoms with E-state index < -0.39 is 62.9 Å². The first kappa shape index (κ1) is 31.0. The number of hydrogen-bond donors (Lipinski definition) is 1. The van der Waals surface area contributed by atoms with Gasteiger partial charge in [-0.1, -0.05) is 41.3 Å². The van der Waals surface area contributed by atoms with Crippen LogP contribution < -0.4 is 19.8 Å². The number of aromatic nitrogens is 1. The van der Waals surface area contributed by atoms with E-state index in [9.17, 15) is 42.5 Å². The first-order valence-electron chi connectivity index (χ1n) is 13.5. The Morgan fingerprint density at radius 1 is 1.02 bits per heavy atom. The van der Waals surface area contributed by atoms with Gasteiger partial charge in [-0.3, -0.25) is 33.9 Å². The van der Waals surface area contributed by atoms with Crippen LogP contribution in [0.25, 0.3) is 0 Å². The molecule has 0 spiro atoms. The highest BCUT2D eigenvalue weighted by atomic mass is 32.2. The molecule has 16 heteroatoms. The number of amides is 3. The van der Waals surface area contributed by atoms with Gasteiger partial charge in [-0.05, 0) is 48.0 Å². The van der Waals surface area contributed by atoms with Gasteiger partial charge in [-0.15, -0.1) is 0 Å². The largest absolute Gasteiger partial charge is 0.497 e. The first-order chi connectivity index (χ1) is 21.9. The number of ether oxygens (including phenoxy) is 1. The van der Waals surface area contributed by atoms with Crippen LogP contribution in [0.1, 0.15) is 21.9 Å². The number of methoxy groups -OCH3 is 1. The van der Waals surface area contributed by atoms with Crippen LogP contribution in [0.5, 0.6) is 5.75 Å². The van der Waals surface area contributed by atoms with Crippen molar-refractivity contribution in [3.63, 3.8) is 0 Å². The molecule has 0 bridgehead atoms. The molecule has 6 rings (SSSR count). The van der Waals surface area contributed by atoms with Crippen molar-refractivity contribution in [1.29, 1.82) is 0 Å². The molecule has 1 fully saturated rings. The van der Waals surface area contributed by atoms with Crippen LogP contribution in [0.15, 0.2) is 82.6 Å². The van der Waals surface area contributed by atoms with Gasteiger partial charge in [0.25, 0.3) is 5.69 Å². The summed E-state index contributed by atoms with van der Waals surface area (Å²) in [4.78, 5) is 65.5. The number of imide groups is 1. The lowest BCUT2D eigenvalue weighted by Gasteiger charge is -2.30. The molecule has 236 valence electrons. The predicted molar refractivity (Wildman–Crippen MR) is 162 cm³/mol. The van der Waals surface area contributed by atoms with Gasteiger partial charge in [-0.25, -0.2) is 4.90 Å². The standard InChI is InChI=1S/C30H21F3N4O7S2/c1-44-20-11-5-15(6-12-20)22-23-24(27(40)36(26(23)39)18-7-9-19(10-8-18)37(42)43)45-28-25(22)46-29(41)35(28)14-21(38)34-17-4-2-3-16(13-17)30(31,32)33/h2-13,22-24H,14H2,1H3,(H,34,38)/t22-,23-,24+/m0/s1. The van der Waals surface area contributed by atoms with E-state index in [1.54, 1.807) is 24.3 Å². The van der Waals surface area contributed by atoms with E-state index in [2.05, 4.69) is 5.32 Å². The Kier molecular flexibility index (Phi) is 7.93. The molecule has 2 aliphatic rings. The molecule has 3 aromatic carbocycles. The number of anilines is 2. The summed E-state index contributed by atoms with van der Waals surface area (Å²) < 4.78 is 45.9. The van der Waals surface area contributed by atoms with E-state index in [-0.39, 0.29) is 22.1 Å². The number of non-ortho nitro benzene ring substituents is 1. The molecular formula is C30H21F3N4O7S2. The lowest BCUT2D eigenvalue weighted by atomic mass is 9.83. The molecule has 3 heterocycles.